The Kier molecular flexibility index (Phi) is 6.46. The average Bonchev–Trinajstić information content (AvgIpc) is 3.63. The molecule has 2 aliphatic rings. The lowest BCUT2D eigenvalue weighted by atomic mass is 9.95. The van der Waals surface area contributed by atoms with Crippen LogP contribution in [0.5, 0.6) is 0 Å². The molecule has 2 fully saturated rings. The molecule has 2 aliphatic carbocycles. The first-order chi connectivity index (χ1) is 18.0. The second-order valence-corrected chi connectivity index (χ2v) is 10.8. The van der Waals surface area contributed by atoms with E-state index in [2.05, 4.69) is 57.2 Å². The van der Waals surface area contributed by atoms with Gasteiger partial charge in [-0.25, -0.2) is 15.0 Å². The van der Waals surface area contributed by atoms with Crippen molar-refractivity contribution in [3.05, 3.63) is 54.0 Å². The van der Waals surface area contributed by atoms with Crippen molar-refractivity contribution in [2.24, 2.45) is 5.92 Å². The van der Waals surface area contributed by atoms with Crippen LogP contribution in [0.2, 0.25) is 0 Å². The number of hydrogen-bond acceptors (Lipinski definition) is 7. The average molecular weight is 501 g/mol. The van der Waals surface area contributed by atoms with Crippen LogP contribution in [0.15, 0.2) is 42.9 Å². The van der Waals surface area contributed by atoms with Crippen LogP contribution >= 0.6 is 0 Å². The quantitative estimate of drug-likeness (QED) is 0.293. The summed E-state index contributed by atoms with van der Waals surface area (Å²) >= 11 is 0. The van der Waals surface area contributed by atoms with Crippen LogP contribution in [0.1, 0.15) is 68.5 Å². The standard InChI is InChI=1S/C29H36N6O2/c1-2-31-24-12-11-19-9-7-17(13-22(19)34-24)8-10-20-14-23(27(37)26(20)36)35-15-21(18-5-3-4-6-18)25-28(30)32-16-33-29(25)35/h7,9,11-13,15-16,18,20,23,26-27,36-37H,2-6,8,10,14H2,1H3,(H,31,34)(H2,30,32,33)/t20-,23+,26+,27-/m0/s1. The van der Waals surface area contributed by atoms with Crippen molar-refractivity contribution in [2.45, 2.75) is 76.0 Å². The predicted octanol–water partition coefficient (Wildman–Crippen LogP) is 4.57. The lowest BCUT2D eigenvalue weighted by molar-refractivity contribution is 0.00543. The molecule has 4 aromatic rings. The van der Waals surface area contributed by atoms with E-state index in [-0.39, 0.29) is 12.0 Å². The van der Waals surface area contributed by atoms with Crippen LogP contribution in [-0.2, 0) is 6.42 Å². The first kappa shape index (κ1) is 24.1. The van der Waals surface area contributed by atoms with Crippen molar-refractivity contribution >= 4 is 33.6 Å². The highest BCUT2D eigenvalue weighted by Crippen LogP contribution is 2.44. The number of aliphatic hydroxyl groups is 2. The topological polar surface area (TPSA) is 122 Å². The molecule has 6 rings (SSSR count). The predicted molar refractivity (Wildman–Crippen MR) is 147 cm³/mol. The molecule has 8 heteroatoms. The Labute approximate surface area is 217 Å². The Morgan fingerprint density at radius 3 is 2.70 bits per heavy atom. The summed E-state index contributed by atoms with van der Waals surface area (Å²) in [5.74, 6) is 1.82. The van der Waals surface area contributed by atoms with Crippen LogP contribution in [0.3, 0.4) is 0 Å². The number of nitrogen functional groups attached to an aromatic ring is 1. The number of benzene rings is 1. The summed E-state index contributed by atoms with van der Waals surface area (Å²) in [6.07, 6.45) is 9.02. The summed E-state index contributed by atoms with van der Waals surface area (Å²) in [5.41, 5.74) is 10.4. The molecule has 2 saturated carbocycles. The molecule has 0 saturated heterocycles. The van der Waals surface area contributed by atoms with Gasteiger partial charge in [0.05, 0.1) is 23.0 Å². The molecule has 0 aliphatic heterocycles. The van der Waals surface area contributed by atoms with Crippen LogP contribution in [0.25, 0.3) is 21.9 Å². The van der Waals surface area contributed by atoms with Gasteiger partial charge < -0.3 is 25.8 Å². The van der Waals surface area contributed by atoms with Gasteiger partial charge >= 0.3 is 0 Å². The maximum Gasteiger partial charge on any atom is 0.146 e. The lowest BCUT2D eigenvalue weighted by Gasteiger charge is -2.19. The van der Waals surface area contributed by atoms with Crippen molar-refractivity contribution < 1.29 is 10.2 Å². The fraction of sp³-hybridized carbons (Fsp3) is 0.483. The van der Waals surface area contributed by atoms with Gasteiger partial charge in [0.2, 0.25) is 0 Å². The number of nitrogens with zero attached hydrogens (tertiary/aromatic N) is 4. The van der Waals surface area contributed by atoms with Crippen molar-refractivity contribution in [1.82, 2.24) is 19.5 Å². The fourth-order valence-electron chi connectivity index (χ4n) is 6.55. The number of aromatic nitrogens is 4. The Morgan fingerprint density at radius 2 is 1.89 bits per heavy atom. The molecule has 0 bridgehead atoms. The highest BCUT2D eigenvalue weighted by atomic mass is 16.3. The van der Waals surface area contributed by atoms with Gasteiger partial charge in [-0.05, 0) is 80.2 Å². The zero-order chi connectivity index (χ0) is 25.5. The van der Waals surface area contributed by atoms with Crippen molar-refractivity contribution in [3.63, 3.8) is 0 Å². The van der Waals surface area contributed by atoms with Gasteiger partial charge in [0, 0.05) is 18.1 Å². The molecule has 0 unspecified atom stereocenters. The fourth-order valence-corrected chi connectivity index (χ4v) is 6.55. The van der Waals surface area contributed by atoms with Crippen molar-refractivity contribution in [2.75, 3.05) is 17.6 Å². The smallest absolute Gasteiger partial charge is 0.146 e. The number of nitrogens with one attached hydrogen (secondary N) is 1. The number of hydrogen-bond donors (Lipinski definition) is 4. The first-order valence-corrected chi connectivity index (χ1v) is 13.6. The summed E-state index contributed by atoms with van der Waals surface area (Å²) < 4.78 is 2.07. The van der Waals surface area contributed by atoms with Gasteiger partial charge in [0.25, 0.3) is 0 Å². The van der Waals surface area contributed by atoms with Gasteiger partial charge in [-0.2, -0.15) is 0 Å². The van der Waals surface area contributed by atoms with Crippen LogP contribution in [-0.4, -0.2) is 48.5 Å². The molecule has 0 radical (unpaired) electrons. The molecule has 5 N–H and O–H groups in total. The minimum atomic E-state index is -0.853. The molecule has 8 nitrogen and oxygen atoms in total. The summed E-state index contributed by atoms with van der Waals surface area (Å²) in [7, 11) is 0. The van der Waals surface area contributed by atoms with E-state index in [1.807, 2.05) is 6.07 Å². The van der Waals surface area contributed by atoms with E-state index in [4.69, 9.17) is 10.7 Å². The van der Waals surface area contributed by atoms with Gasteiger partial charge in [-0.3, -0.25) is 0 Å². The van der Waals surface area contributed by atoms with Gasteiger partial charge in [0.1, 0.15) is 29.7 Å². The van der Waals surface area contributed by atoms with Crippen LogP contribution in [0, 0.1) is 5.92 Å². The van der Waals surface area contributed by atoms with Crippen LogP contribution < -0.4 is 11.1 Å². The molecule has 194 valence electrons. The van der Waals surface area contributed by atoms with E-state index < -0.39 is 12.2 Å². The van der Waals surface area contributed by atoms with Gasteiger partial charge in [-0.1, -0.05) is 25.0 Å². The monoisotopic (exact) mass is 500 g/mol. The SMILES string of the molecule is CCNc1ccc2ccc(CC[C@H]3C[C@@H](n4cc(C5CCCC5)c5c(N)ncnc54)[C@H](O)[C@@H]3O)cc2n1. The molecular weight excluding hydrogens is 464 g/mol. The van der Waals surface area contributed by atoms with E-state index in [0.29, 0.717) is 18.2 Å². The number of nitrogens with two attached hydrogens (primary N) is 1. The van der Waals surface area contributed by atoms with Crippen molar-refractivity contribution in [1.29, 1.82) is 0 Å². The summed E-state index contributed by atoms with van der Waals surface area (Å²) in [4.78, 5) is 13.6. The summed E-state index contributed by atoms with van der Waals surface area (Å²) in [6.45, 7) is 2.89. The van der Waals surface area contributed by atoms with Gasteiger partial charge in [0.15, 0.2) is 0 Å². The third kappa shape index (κ3) is 4.42. The molecule has 4 atom stereocenters. The summed E-state index contributed by atoms with van der Waals surface area (Å²) in [5, 5.41) is 27.5. The van der Waals surface area contributed by atoms with E-state index in [9.17, 15) is 10.2 Å². The molecule has 0 amide bonds. The molecule has 3 heterocycles. The molecule has 3 aromatic heterocycles. The van der Waals surface area contributed by atoms with Gasteiger partial charge in [-0.15, -0.1) is 0 Å². The zero-order valence-corrected chi connectivity index (χ0v) is 21.3. The summed E-state index contributed by atoms with van der Waals surface area (Å²) in [6, 6.07) is 10.2. The second-order valence-electron chi connectivity index (χ2n) is 10.8. The third-order valence-corrected chi connectivity index (χ3v) is 8.51. The molecule has 1 aromatic carbocycles. The first-order valence-electron chi connectivity index (χ1n) is 13.6. The second kappa shape index (κ2) is 9.91. The van der Waals surface area contributed by atoms with E-state index >= 15 is 0 Å². The van der Waals surface area contributed by atoms with Crippen molar-refractivity contribution in [3.8, 4) is 0 Å². The molecule has 37 heavy (non-hydrogen) atoms. The maximum atomic E-state index is 11.1. The van der Waals surface area contributed by atoms with E-state index in [1.165, 1.54) is 30.3 Å². The number of aryl methyl sites for hydroxylation is 1. The zero-order valence-electron chi connectivity index (χ0n) is 21.3. The largest absolute Gasteiger partial charge is 0.390 e. The minimum absolute atomic E-state index is 0.0108. The minimum Gasteiger partial charge on any atom is -0.390 e. The normalized spacial score (nSPS) is 24.4. The lowest BCUT2D eigenvalue weighted by Crippen LogP contribution is -2.29. The van der Waals surface area contributed by atoms with E-state index in [1.54, 1.807) is 0 Å². The number of rotatable bonds is 7. The number of aliphatic hydroxyl groups excluding tert-OH is 2. The highest BCUT2D eigenvalue weighted by molar-refractivity contribution is 5.90. The Morgan fingerprint density at radius 1 is 1.08 bits per heavy atom. The number of fused-ring (bicyclic) bond motifs is 2. The Hall–Kier alpha value is -3.23. The van der Waals surface area contributed by atoms with Crippen LogP contribution in [0.4, 0.5) is 11.6 Å². The molecule has 0 spiro atoms. The Bertz CT molecular complexity index is 1410. The number of pyridine rings is 1. The highest BCUT2D eigenvalue weighted by Gasteiger charge is 2.43. The third-order valence-electron chi connectivity index (χ3n) is 8.51. The number of anilines is 2. The van der Waals surface area contributed by atoms with E-state index in [0.717, 1.165) is 60.0 Å². The molecular formula is C29H36N6O2. The Balaban J connectivity index is 1.23. The maximum absolute atomic E-state index is 11.1.